The number of hydrogen-bond donors (Lipinski definition) is 1. The molecule has 4 rings (SSSR count). The average Bonchev–Trinajstić information content (AvgIpc) is 2.97. The van der Waals surface area contributed by atoms with Crippen LogP contribution in [0.1, 0.15) is 50.2 Å². The summed E-state index contributed by atoms with van der Waals surface area (Å²) in [5.41, 5.74) is 1.89. The van der Waals surface area contributed by atoms with Crippen LogP contribution in [-0.4, -0.2) is 43.8 Å². The first-order valence-electron chi connectivity index (χ1n) is 13.6. The molecular formula is C31H36ClN3O4S. The Morgan fingerprint density at radius 3 is 2.20 bits per heavy atom. The van der Waals surface area contributed by atoms with E-state index in [0.717, 1.165) is 47.5 Å². The van der Waals surface area contributed by atoms with E-state index in [1.54, 1.807) is 43.3 Å². The molecule has 0 saturated heterocycles. The Labute approximate surface area is 242 Å². The van der Waals surface area contributed by atoms with E-state index in [1.165, 1.54) is 17.0 Å². The lowest BCUT2D eigenvalue weighted by Gasteiger charge is -2.33. The number of nitrogens with zero attached hydrogens (tertiary/aromatic N) is 2. The third-order valence-electron chi connectivity index (χ3n) is 7.37. The first kappa shape index (κ1) is 29.6. The maximum atomic E-state index is 14.0. The van der Waals surface area contributed by atoms with Gasteiger partial charge in [0.15, 0.2) is 0 Å². The molecule has 2 amide bonds. The van der Waals surface area contributed by atoms with Gasteiger partial charge in [0.2, 0.25) is 11.8 Å². The van der Waals surface area contributed by atoms with Gasteiger partial charge in [-0.05, 0) is 62.1 Å². The predicted octanol–water partition coefficient (Wildman–Crippen LogP) is 5.71. The quantitative estimate of drug-likeness (QED) is 0.332. The second kappa shape index (κ2) is 13.3. The molecule has 0 bridgehead atoms. The smallest absolute Gasteiger partial charge is 0.264 e. The summed E-state index contributed by atoms with van der Waals surface area (Å²) in [5.74, 6) is -0.738. The molecule has 1 saturated carbocycles. The summed E-state index contributed by atoms with van der Waals surface area (Å²) < 4.78 is 28.8. The van der Waals surface area contributed by atoms with Gasteiger partial charge in [-0.15, -0.1) is 0 Å². The van der Waals surface area contributed by atoms with Crippen LogP contribution in [0.15, 0.2) is 83.8 Å². The number of halogens is 1. The van der Waals surface area contributed by atoms with E-state index in [9.17, 15) is 18.0 Å². The Kier molecular flexibility index (Phi) is 9.87. The average molecular weight is 582 g/mol. The normalized spacial score (nSPS) is 14.8. The van der Waals surface area contributed by atoms with Crippen molar-refractivity contribution in [1.29, 1.82) is 0 Å². The molecule has 1 atom stereocenters. The van der Waals surface area contributed by atoms with Crippen LogP contribution in [0, 0.1) is 6.92 Å². The van der Waals surface area contributed by atoms with Crippen molar-refractivity contribution in [2.75, 3.05) is 10.8 Å². The van der Waals surface area contributed by atoms with E-state index in [1.807, 2.05) is 37.3 Å². The van der Waals surface area contributed by atoms with E-state index in [0.29, 0.717) is 5.02 Å². The first-order valence-corrected chi connectivity index (χ1v) is 15.5. The van der Waals surface area contributed by atoms with Gasteiger partial charge in [0, 0.05) is 17.6 Å². The van der Waals surface area contributed by atoms with Crippen LogP contribution in [0.3, 0.4) is 0 Å². The zero-order valence-electron chi connectivity index (χ0n) is 22.9. The molecule has 3 aromatic rings. The SMILES string of the molecule is Cc1ccc(N(CC(=O)N(Cc2ccccc2)[C@@H](C)C(=O)NC2CCCCC2)S(=O)(=O)c2ccccc2)cc1Cl. The molecule has 0 aromatic heterocycles. The fraction of sp³-hybridized carbons (Fsp3) is 0.355. The molecule has 0 heterocycles. The van der Waals surface area contributed by atoms with Crippen LogP contribution in [0.5, 0.6) is 0 Å². The molecule has 1 N–H and O–H groups in total. The molecular weight excluding hydrogens is 546 g/mol. The topological polar surface area (TPSA) is 86.8 Å². The third kappa shape index (κ3) is 7.23. The lowest BCUT2D eigenvalue weighted by Crippen LogP contribution is -2.53. The number of rotatable bonds is 10. The Morgan fingerprint density at radius 1 is 0.950 bits per heavy atom. The number of aryl methyl sites for hydroxylation is 1. The third-order valence-corrected chi connectivity index (χ3v) is 9.56. The number of anilines is 1. The van der Waals surface area contributed by atoms with Gasteiger partial charge in [0.1, 0.15) is 12.6 Å². The molecule has 0 radical (unpaired) electrons. The highest BCUT2D eigenvalue weighted by molar-refractivity contribution is 7.92. The van der Waals surface area contributed by atoms with Gasteiger partial charge in [-0.3, -0.25) is 13.9 Å². The molecule has 0 spiro atoms. The van der Waals surface area contributed by atoms with Crippen molar-refractivity contribution in [2.24, 2.45) is 0 Å². The van der Waals surface area contributed by atoms with Crippen LogP contribution >= 0.6 is 11.6 Å². The Hall–Kier alpha value is -3.36. The zero-order valence-corrected chi connectivity index (χ0v) is 24.5. The number of sulfonamides is 1. The number of carbonyl (C=O) groups excluding carboxylic acids is 2. The minimum Gasteiger partial charge on any atom is -0.352 e. The van der Waals surface area contributed by atoms with Crippen molar-refractivity contribution in [2.45, 2.75) is 69.5 Å². The van der Waals surface area contributed by atoms with E-state index >= 15 is 0 Å². The van der Waals surface area contributed by atoms with Gasteiger partial charge in [-0.1, -0.05) is 85.5 Å². The van der Waals surface area contributed by atoms with Crippen molar-refractivity contribution in [3.8, 4) is 0 Å². The van der Waals surface area contributed by atoms with Crippen molar-refractivity contribution in [3.05, 3.63) is 95.0 Å². The summed E-state index contributed by atoms with van der Waals surface area (Å²) in [4.78, 5) is 28.9. The van der Waals surface area contributed by atoms with Crippen LogP contribution in [0.4, 0.5) is 5.69 Å². The molecule has 9 heteroatoms. The Morgan fingerprint density at radius 2 is 1.57 bits per heavy atom. The summed E-state index contributed by atoms with van der Waals surface area (Å²) in [6.45, 7) is 3.18. The minimum atomic E-state index is -4.13. The lowest BCUT2D eigenvalue weighted by atomic mass is 9.95. The first-order chi connectivity index (χ1) is 19.2. The zero-order chi connectivity index (χ0) is 28.7. The van der Waals surface area contributed by atoms with E-state index in [4.69, 9.17) is 11.6 Å². The summed E-state index contributed by atoms with van der Waals surface area (Å²) in [7, 11) is -4.13. The van der Waals surface area contributed by atoms with Crippen LogP contribution < -0.4 is 9.62 Å². The standard InChI is InChI=1S/C31H36ClN3O4S/c1-23-18-19-27(20-29(23)32)35(40(38,39)28-16-10-5-11-17-28)22-30(36)34(21-25-12-6-3-7-13-25)24(2)31(37)33-26-14-8-4-9-15-26/h3,5-7,10-13,16-20,24,26H,4,8-9,14-15,21-22H2,1-2H3,(H,33,37)/t24-/m0/s1. The van der Waals surface area contributed by atoms with Gasteiger partial charge in [0.05, 0.1) is 10.6 Å². The minimum absolute atomic E-state index is 0.0530. The molecule has 3 aromatic carbocycles. The molecule has 0 unspecified atom stereocenters. The second-order valence-corrected chi connectivity index (χ2v) is 12.6. The summed E-state index contributed by atoms with van der Waals surface area (Å²) in [5, 5.41) is 3.50. The molecule has 7 nitrogen and oxygen atoms in total. The highest BCUT2D eigenvalue weighted by atomic mass is 35.5. The molecule has 212 valence electrons. The van der Waals surface area contributed by atoms with Gasteiger partial charge < -0.3 is 10.2 Å². The van der Waals surface area contributed by atoms with Gasteiger partial charge in [-0.2, -0.15) is 0 Å². The number of carbonyl (C=O) groups is 2. The number of amides is 2. The highest BCUT2D eigenvalue weighted by Gasteiger charge is 2.33. The lowest BCUT2D eigenvalue weighted by molar-refractivity contribution is -0.139. The van der Waals surface area contributed by atoms with Crippen LogP contribution in [0.25, 0.3) is 0 Å². The summed E-state index contributed by atoms with van der Waals surface area (Å²) in [6, 6.07) is 21.5. The van der Waals surface area contributed by atoms with Crippen molar-refractivity contribution >= 4 is 39.1 Å². The monoisotopic (exact) mass is 581 g/mol. The fourth-order valence-electron chi connectivity index (χ4n) is 4.92. The second-order valence-electron chi connectivity index (χ2n) is 10.3. The van der Waals surface area contributed by atoms with E-state index < -0.39 is 28.5 Å². The molecule has 1 fully saturated rings. The maximum Gasteiger partial charge on any atom is 0.264 e. The van der Waals surface area contributed by atoms with Crippen LogP contribution in [-0.2, 0) is 26.2 Å². The van der Waals surface area contributed by atoms with Gasteiger partial charge in [0.25, 0.3) is 10.0 Å². The molecule has 1 aliphatic carbocycles. The Bertz CT molecular complexity index is 1410. The van der Waals surface area contributed by atoms with Crippen molar-refractivity contribution in [1.82, 2.24) is 10.2 Å². The maximum absolute atomic E-state index is 14.0. The molecule has 1 aliphatic rings. The Balaban J connectivity index is 1.67. The number of hydrogen-bond acceptors (Lipinski definition) is 4. The van der Waals surface area contributed by atoms with E-state index in [2.05, 4.69) is 5.32 Å². The molecule has 0 aliphatic heterocycles. The number of benzene rings is 3. The van der Waals surface area contributed by atoms with E-state index in [-0.39, 0.29) is 29.1 Å². The highest BCUT2D eigenvalue weighted by Crippen LogP contribution is 2.28. The molecule has 40 heavy (non-hydrogen) atoms. The number of nitrogens with one attached hydrogen (secondary N) is 1. The van der Waals surface area contributed by atoms with Crippen molar-refractivity contribution < 1.29 is 18.0 Å². The predicted molar refractivity (Wildman–Crippen MR) is 159 cm³/mol. The fourth-order valence-corrected chi connectivity index (χ4v) is 6.52. The summed E-state index contributed by atoms with van der Waals surface area (Å²) >= 11 is 6.38. The summed E-state index contributed by atoms with van der Waals surface area (Å²) in [6.07, 6.45) is 5.13. The van der Waals surface area contributed by atoms with Crippen LogP contribution in [0.2, 0.25) is 5.02 Å². The largest absolute Gasteiger partial charge is 0.352 e. The van der Waals surface area contributed by atoms with Gasteiger partial charge >= 0.3 is 0 Å². The van der Waals surface area contributed by atoms with Gasteiger partial charge in [-0.25, -0.2) is 8.42 Å². The van der Waals surface area contributed by atoms with Crippen molar-refractivity contribution in [3.63, 3.8) is 0 Å².